The van der Waals surface area contributed by atoms with E-state index in [0.717, 1.165) is 45.1 Å². The average Bonchev–Trinajstić information content (AvgIpc) is 3.35. The Bertz CT molecular complexity index is 951. The Hall–Kier alpha value is -2.84. The maximum Gasteiger partial charge on any atom is 0.343 e. The van der Waals surface area contributed by atoms with Gasteiger partial charge < -0.3 is 19.6 Å². The summed E-state index contributed by atoms with van der Waals surface area (Å²) in [5.74, 6) is -0.451. The molecule has 2 fully saturated rings. The standard InChI is InChI=1S/C25H32N4O4/c1-29(18-23(30)28-22-16-26-13-14-27-22)15-7-12-21(17-29)33-24(31)25(32,20-10-5-6-11-20)19-8-3-2-4-9-19/h2-4,8-9,13-14,16,20-21,32H,5-7,10-12,15,17-18H2,1H3/p+1. The molecule has 1 aliphatic heterocycles. The van der Waals surface area contributed by atoms with E-state index in [4.69, 9.17) is 4.74 Å². The minimum atomic E-state index is -1.64. The number of hydrogen-bond donors (Lipinski definition) is 2. The number of aromatic nitrogens is 2. The Labute approximate surface area is 194 Å². The predicted molar refractivity (Wildman–Crippen MR) is 123 cm³/mol. The third-order valence-corrected chi connectivity index (χ3v) is 6.97. The lowest BCUT2D eigenvalue weighted by molar-refractivity contribution is -0.909. The fraction of sp³-hybridized carbons (Fsp3) is 0.520. The van der Waals surface area contributed by atoms with E-state index in [9.17, 15) is 14.7 Å². The molecule has 4 rings (SSSR count). The number of rotatable bonds is 7. The summed E-state index contributed by atoms with van der Waals surface area (Å²) in [4.78, 5) is 34.1. The number of aliphatic hydroxyl groups is 1. The smallest absolute Gasteiger partial charge is 0.343 e. The van der Waals surface area contributed by atoms with Crippen molar-refractivity contribution < 1.29 is 23.9 Å². The number of anilines is 1. The number of carbonyl (C=O) groups excluding carboxylic acids is 2. The molecule has 0 bridgehead atoms. The highest BCUT2D eigenvalue weighted by atomic mass is 16.6. The van der Waals surface area contributed by atoms with Crippen LogP contribution in [-0.4, -0.2) is 64.2 Å². The third-order valence-electron chi connectivity index (χ3n) is 6.97. The highest BCUT2D eigenvalue weighted by Crippen LogP contribution is 2.42. The molecule has 3 atom stereocenters. The van der Waals surface area contributed by atoms with Crippen molar-refractivity contribution in [1.29, 1.82) is 0 Å². The number of hydrogen-bond acceptors (Lipinski definition) is 6. The first-order valence-corrected chi connectivity index (χ1v) is 11.8. The van der Waals surface area contributed by atoms with E-state index in [1.165, 1.54) is 12.4 Å². The van der Waals surface area contributed by atoms with Crippen LogP contribution < -0.4 is 5.32 Å². The Morgan fingerprint density at radius 2 is 1.91 bits per heavy atom. The normalized spacial score (nSPS) is 25.2. The van der Waals surface area contributed by atoms with Gasteiger partial charge in [-0.25, -0.2) is 9.78 Å². The van der Waals surface area contributed by atoms with Gasteiger partial charge in [-0.05, 0) is 24.8 Å². The summed E-state index contributed by atoms with van der Waals surface area (Å²) >= 11 is 0. The van der Waals surface area contributed by atoms with Crippen molar-refractivity contribution in [3.8, 4) is 0 Å². The Morgan fingerprint density at radius 3 is 2.61 bits per heavy atom. The number of likely N-dealkylation sites (tertiary alicyclic amines) is 1. The minimum Gasteiger partial charge on any atom is -0.454 e. The summed E-state index contributed by atoms with van der Waals surface area (Å²) in [6.45, 7) is 1.58. The molecule has 2 heterocycles. The van der Waals surface area contributed by atoms with Gasteiger partial charge in [0, 0.05) is 24.7 Å². The molecule has 8 heteroatoms. The molecule has 176 valence electrons. The van der Waals surface area contributed by atoms with Crippen LogP contribution in [0, 0.1) is 5.92 Å². The zero-order valence-electron chi connectivity index (χ0n) is 19.2. The molecule has 3 unspecified atom stereocenters. The quantitative estimate of drug-likeness (QED) is 0.494. The van der Waals surface area contributed by atoms with Crippen molar-refractivity contribution in [2.24, 2.45) is 5.92 Å². The first-order chi connectivity index (χ1) is 15.9. The second kappa shape index (κ2) is 9.97. The maximum absolute atomic E-state index is 13.4. The van der Waals surface area contributed by atoms with Crippen molar-refractivity contribution in [2.75, 3.05) is 32.0 Å². The average molecular weight is 454 g/mol. The minimum absolute atomic E-state index is 0.144. The van der Waals surface area contributed by atoms with Crippen LogP contribution in [0.2, 0.25) is 0 Å². The molecule has 2 aromatic rings. The van der Waals surface area contributed by atoms with Gasteiger partial charge in [-0.1, -0.05) is 43.2 Å². The second-order valence-electron chi connectivity index (χ2n) is 9.61. The van der Waals surface area contributed by atoms with E-state index < -0.39 is 11.6 Å². The molecular formula is C25H33N4O4+. The Balaban J connectivity index is 1.43. The molecule has 1 aromatic carbocycles. The van der Waals surface area contributed by atoms with Crippen molar-refractivity contribution in [2.45, 2.75) is 50.2 Å². The fourth-order valence-electron chi connectivity index (χ4n) is 5.30. The van der Waals surface area contributed by atoms with E-state index >= 15 is 0 Å². The zero-order chi connectivity index (χ0) is 23.3. The van der Waals surface area contributed by atoms with Gasteiger partial charge in [0.05, 0.1) is 19.8 Å². The summed E-state index contributed by atoms with van der Waals surface area (Å²) in [5.41, 5.74) is -1.04. The monoisotopic (exact) mass is 453 g/mol. The molecule has 0 spiro atoms. The largest absolute Gasteiger partial charge is 0.454 e. The number of ether oxygens (including phenoxy) is 1. The Kier molecular flexibility index (Phi) is 7.05. The number of quaternary nitrogens is 1. The number of piperidine rings is 1. The number of nitrogens with zero attached hydrogens (tertiary/aromatic N) is 3. The zero-order valence-corrected chi connectivity index (χ0v) is 19.2. The number of amides is 1. The van der Waals surface area contributed by atoms with Gasteiger partial charge in [0.25, 0.3) is 5.91 Å². The first kappa shape index (κ1) is 23.3. The van der Waals surface area contributed by atoms with E-state index in [0.29, 0.717) is 22.4 Å². The SMILES string of the molecule is C[N+]1(CC(=O)Nc2cnccn2)CCCC(OC(=O)C(O)(c2ccccc2)C2CCCC2)C1. The van der Waals surface area contributed by atoms with E-state index in [2.05, 4.69) is 15.3 Å². The third kappa shape index (κ3) is 5.39. The van der Waals surface area contributed by atoms with Gasteiger partial charge in [0.2, 0.25) is 0 Å². The topological polar surface area (TPSA) is 101 Å². The van der Waals surface area contributed by atoms with E-state index in [1.54, 1.807) is 18.3 Å². The van der Waals surface area contributed by atoms with Crippen molar-refractivity contribution in [3.63, 3.8) is 0 Å². The summed E-state index contributed by atoms with van der Waals surface area (Å²) in [5, 5.41) is 14.4. The van der Waals surface area contributed by atoms with Gasteiger partial charge in [0.15, 0.2) is 24.1 Å². The lowest BCUT2D eigenvalue weighted by Crippen LogP contribution is -2.57. The molecule has 2 N–H and O–H groups in total. The van der Waals surface area contributed by atoms with Crippen LogP contribution in [0.15, 0.2) is 48.9 Å². The van der Waals surface area contributed by atoms with Gasteiger partial charge in [-0.3, -0.25) is 9.78 Å². The lowest BCUT2D eigenvalue weighted by Gasteiger charge is -2.41. The highest BCUT2D eigenvalue weighted by Gasteiger charge is 2.49. The van der Waals surface area contributed by atoms with Crippen molar-refractivity contribution >= 4 is 17.7 Å². The molecule has 8 nitrogen and oxygen atoms in total. The first-order valence-electron chi connectivity index (χ1n) is 11.8. The van der Waals surface area contributed by atoms with Crippen LogP contribution in [0.3, 0.4) is 0 Å². The van der Waals surface area contributed by atoms with Gasteiger partial charge in [-0.2, -0.15) is 0 Å². The van der Waals surface area contributed by atoms with Crippen LogP contribution in [0.5, 0.6) is 0 Å². The number of carbonyl (C=O) groups is 2. The number of likely N-dealkylation sites (N-methyl/N-ethyl adjacent to an activating group) is 1. The summed E-state index contributed by atoms with van der Waals surface area (Å²) < 4.78 is 6.42. The van der Waals surface area contributed by atoms with Crippen LogP contribution >= 0.6 is 0 Å². The molecule has 1 aromatic heterocycles. The van der Waals surface area contributed by atoms with Crippen LogP contribution in [0.25, 0.3) is 0 Å². The van der Waals surface area contributed by atoms with E-state index in [-0.39, 0.29) is 24.5 Å². The van der Waals surface area contributed by atoms with Crippen molar-refractivity contribution in [3.05, 3.63) is 54.5 Å². The van der Waals surface area contributed by atoms with Crippen LogP contribution in [0.4, 0.5) is 5.82 Å². The lowest BCUT2D eigenvalue weighted by atomic mass is 9.80. The van der Waals surface area contributed by atoms with E-state index in [1.807, 2.05) is 25.2 Å². The summed E-state index contributed by atoms with van der Waals surface area (Å²) in [6, 6.07) is 9.16. The highest BCUT2D eigenvalue weighted by molar-refractivity contribution is 5.90. The molecule has 33 heavy (non-hydrogen) atoms. The summed E-state index contributed by atoms with van der Waals surface area (Å²) in [6.07, 6.45) is 9.42. The number of esters is 1. The van der Waals surface area contributed by atoms with Gasteiger partial charge in [-0.15, -0.1) is 0 Å². The van der Waals surface area contributed by atoms with Crippen LogP contribution in [0.1, 0.15) is 44.1 Å². The van der Waals surface area contributed by atoms with Gasteiger partial charge >= 0.3 is 5.97 Å². The fourth-order valence-corrected chi connectivity index (χ4v) is 5.30. The number of benzene rings is 1. The van der Waals surface area contributed by atoms with Crippen LogP contribution in [-0.2, 0) is 19.9 Å². The summed E-state index contributed by atoms with van der Waals surface area (Å²) in [7, 11) is 2.00. The molecular weight excluding hydrogens is 420 g/mol. The molecule has 1 saturated heterocycles. The Morgan fingerprint density at radius 1 is 1.15 bits per heavy atom. The maximum atomic E-state index is 13.4. The number of nitrogens with one attached hydrogen (secondary N) is 1. The van der Waals surface area contributed by atoms with Crippen molar-refractivity contribution in [1.82, 2.24) is 9.97 Å². The molecule has 1 amide bonds. The molecule has 2 aliphatic rings. The van der Waals surface area contributed by atoms with Gasteiger partial charge in [0.1, 0.15) is 6.54 Å². The second-order valence-corrected chi connectivity index (χ2v) is 9.61. The predicted octanol–water partition coefficient (Wildman–Crippen LogP) is 2.65. The molecule has 1 saturated carbocycles. The molecule has 0 radical (unpaired) electrons. The molecule has 1 aliphatic carbocycles.